The Morgan fingerprint density at radius 3 is 2.25 bits per heavy atom. The van der Waals surface area contributed by atoms with Crippen molar-refractivity contribution in [1.82, 2.24) is 9.47 Å². The van der Waals surface area contributed by atoms with Gasteiger partial charge in [-0.15, -0.1) is 0 Å². The molecule has 0 radical (unpaired) electrons. The zero-order valence-corrected chi connectivity index (χ0v) is 17.5. The van der Waals surface area contributed by atoms with Crippen molar-refractivity contribution in [1.29, 1.82) is 0 Å². The lowest BCUT2D eigenvalue weighted by atomic mass is 9.63. The Morgan fingerprint density at radius 2 is 1.61 bits per heavy atom. The van der Waals surface area contributed by atoms with Gasteiger partial charge in [0.15, 0.2) is 11.8 Å². The van der Waals surface area contributed by atoms with Gasteiger partial charge in [0, 0.05) is 12.1 Å². The van der Waals surface area contributed by atoms with Crippen LogP contribution in [0.25, 0.3) is 0 Å². The Morgan fingerprint density at radius 1 is 0.964 bits per heavy atom. The third-order valence-electron chi connectivity index (χ3n) is 6.97. The maximum Gasteiger partial charge on any atom is 0.194 e. The van der Waals surface area contributed by atoms with Crippen molar-refractivity contribution >= 4 is 0 Å². The molecule has 1 saturated heterocycles. The molecule has 2 N–H and O–H groups in total. The van der Waals surface area contributed by atoms with Crippen LogP contribution in [0.15, 0.2) is 36.4 Å². The van der Waals surface area contributed by atoms with E-state index in [1.54, 1.807) is 16.7 Å². The molecule has 2 heterocycles. The molecule has 0 amide bonds. The summed E-state index contributed by atoms with van der Waals surface area (Å²) in [6, 6.07) is 11.9. The zero-order valence-electron chi connectivity index (χ0n) is 17.5. The van der Waals surface area contributed by atoms with Crippen LogP contribution in [-0.2, 0) is 5.41 Å². The number of fused-ring (bicyclic) bond motifs is 2. The smallest absolute Gasteiger partial charge is 0.194 e. The second kappa shape index (κ2) is 7.14. The van der Waals surface area contributed by atoms with E-state index >= 15 is 0 Å². The van der Waals surface area contributed by atoms with Crippen molar-refractivity contribution in [2.75, 3.05) is 19.6 Å². The molecule has 0 unspecified atom stereocenters. The average molecular weight is 383 g/mol. The Bertz CT molecular complexity index is 806. The Balaban J connectivity index is 1.56. The maximum atomic E-state index is 10.3. The van der Waals surface area contributed by atoms with Gasteiger partial charge in [0.25, 0.3) is 0 Å². The molecule has 1 aromatic carbocycles. The van der Waals surface area contributed by atoms with Gasteiger partial charge in [-0.2, -0.15) is 0 Å². The highest BCUT2D eigenvalue weighted by Crippen LogP contribution is 2.50. The number of nitrogens with zero attached hydrogens (tertiary/aromatic N) is 2. The Labute approximate surface area is 168 Å². The van der Waals surface area contributed by atoms with E-state index < -0.39 is 0 Å². The maximum absolute atomic E-state index is 10.3. The van der Waals surface area contributed by atoms with E-state index in [0.717, 1.165) is 25.9 Å². The van der Waals surface area contributed by atoms with E-state index in [0.29, 0.717) is 5.41 Å². The van der Waals surface area contributed by atoms with Crippen LogP contribution in [0.1, 0.15) is 70.0 Å². The summed E-state index contributed by atoms with van der Waals surface area (Å²) >= 11 is 0. The second-order valence-corrected chi connectivity index (χ2v) is 9.99. The van der Waals surface area contributed by atoms with Gasteiger partial charge in [0.05, 0.1) is 6.04 Å². The molecule has 0 saturated carbocycles. The number of likely N-dealkylation sites (tertiary alicyclic amines) is 1. The highest BCUT2D eigenvalue weighted by atomic mass is 16.3. The van der Waals surface area contributed by atoms with Gasteiger partial charge in [-0.05, 0) is 73.7 Å². The van der Waals surface area contributed by atoms with Crippen molar-refractivity contribution < 1.29 is 10.2 Å². The van der Waals surface area contributed by atoms with E-state index in [2.05, 4.69) is 49.9 Å². The molecule has 1 aromatic heterocycles. The molecule has 1 aliphatic carbocycles. The molecule has 2 aromatic rings. The molecule has 4 rings (SSSR count). The highest BCUT2D eigenvalue weighted by Gasteiger charge is 2.42. The lowest BCUT2D eigenvalue weighted by molar-refractivity contribution is 0.126. The number of benzene rings is 1. The molecule has 2 aliphatic rings. The highest BCUT2D eigenvalue weighted by molar-refractivity contribution is 5.42. The fourth-order valence-corrected chi connectivity index (χ4v) is 5.21. The van der Waals surface area contributed by atoms with Crippen LogP contribution >= 0.6 is 0 Å². The SMILES string of the molecule is CC(C)(C)CCN1CCC2(CC[C@H](n3c(O)ccc3O)c3ccccc32)CC1. The molecule has 1 fully saturated rings. The van der Waals surface area contributed by atoms with Gasteiger partial charge in [-0.1, -0.05) is 45.0 Å². The number of rotatable bonds is 3. The van der Waals surface area contributed by atoms with E-state index in [1.165, 1.54) is 36.9 Å². The first-order valence-electron chi connectivity index (χ1n) is 10.7. The van der Waals surface area contributed by atoms with Crippen molar-refractivity contribution in [3.63, 3.8) is 0 Å². The van der Waals surface area contributed by atoms with Crippen LogP contribution < -0.4 is 0 Å². The molecular formula is C24H34N2O2. The minimum atomic E-state index is 0.00995. The van der Waals surface area contributed by atoms with Crippen LogP contribution in [0.5, 0.6) is 11.8 Å². The number of hydrogen-bond acceptors (Lipinski definition) is 3. The molecule has 28 heavy (non-hydrogen) atoms. The first-order valence-corrected chi connectivity index (χ1v) is 10.7. The molecule has 0 bridgehead atoms. The van der Waals surface area contributed by atoms with Crippen molar-refractivity contribution in [3.05, 3.63) is 47.5 Å². The summed E-state index contributed by atoms with van der Waals surface area (Å²) < 4.78 is 1.68. The summed E-state index contributed by atoms with van der Waals surface area (Å²) in [5.41, 5.74) is 3.32. The van der Waals surface area contributed by atoms with Crippen molar-refractivity contribution in [2.24, 2.45) is 5.41 Å². The van der Waals surface area contributed by atoms with Crippen molar-refractivity contribution in [2.45, 2.75) is 64.3 Å². The average Bonchev–Trinajstić information content (AvgIpc) is 3.00. The first-order chi connectivity index (χ1) is 13.3. The third-order valence-corrected chi connectivity index (χ3v) is 6.97. The van der Waals surface area contributed by atoms with Crippen LogP contribution in [0.2, 0.25) is 0 Å². The van der Waals surface area contributed by atoms with Crippen LogP contribution in [-0.4, -0.2) is 39.3 Å². The first kappa shape index (κ1) is 19.4. The predicted octanol–water partition coefficient (Wildman–Crippen LogP) is 5.05. The fraction of sp³-hybridized carbons (Fsp3) is 0.583. The molecule has 4 nitrogen and oxygen atoms in total. The largest absolute Gasteiger partial charge is 0.494 e. The van der Waals surface area contributed by atoms with Crippen LogP contribution in [0.3, 0.4) is 0 Å². The molecule has 1 atom stereocenters. The van der Waals surface area contributed by atoms with Crippen LogP contribution in [0, 0.1) is 5.41 Å². The monoisotopic (exact) mass is 382 g/mol. The third kappa shape index (κ3) is 3.55. The quantitative estimate of drug-likeness (QED) is 0.781. The minimum absolute atomic E-state index is 0.00995. The number of hydrogen-bond donors (Lipinski definition) is 2. The van der Waals surface area contributed by atoms with Gasteiger partial charge >= 0.3 is 0 Å². The predicted molar refractivity (Wildman–Crippen MR) is 113 cm³/mol. The molecular weight excluding hydrogens is 348 g/mol. The van der Waals surface area contributed by atoms with Gasteiger partial charge in [-0.3, -0.25) is 4.57 Å². The normalized spacial score (nSPS) is 22.3. The zero-order chi connectivity index (χ0) is 19.9. The second-order valence-electron chi connectivity index (χ2n) is 9.99. The Kier molecular flexibility index (Phi) is 4.95. The Hall–Kier alpha value is -1.94. The van der Waals surface area contributed by atoms with E-state index in [9.17, 15) is 10.2 Å². The summed E-state index contributed by atoms with van der Waals surface area (Å²) in [5.74, 6) is 0.288. The lowest BCUT2D eigenvalue weighted by Gasteiger charge is -2.47. The van der Waals surface area contributed by atoms with Crippen molar-refractivity contribution in [3.8, 4) is 11.8 Å². The van der Waals surface area contributed by atoms with E-state index in [1.807, 2.05) is 0 Å². The molecule has 1 aliphatic heterocycles. The summed E-state index contributed by atoms with van der Waals surface area (Å²) in [7, 11) is 0. The number of piperidine rings is 1. The van der Waals surface area contributed by atoms with Gasteiger partial charge in [0.1, 0.15) is 0 Å². The topological polar surface area (TPSA) is 48.6 Å². The summed E-state index contributed by atoms with van der Waals surface area (Å²) in [4.78, 5) is 2.63. The van der Waals surface area contributed by atoms with E-state index in [-0.39, 0.29) is 23.2 Å². The number of aromatic nitrogens is 1. The fourth-order valence-electron chi connectivity index (χ4n) is 5.21. The standard InChI is InChI=1S/C24H34N2O2/c1-23(2,3)12-15-25-16-13-24(14-17-25)11-10-20(18-6-4-5-7-19(18)24)26-21(27)8-9-22(26)28/h4-9,20,27-28H,10-17H2,1-3H3/t20-/m0/s1. The van der Waals surface area contributed by atoms with Gasteiger partial charge in [-0.25, -0.2) is 0 Å². The van der Waals surface area contributed by atoms with Crippen LogP contribution in [0.4, 0.5) is 0 Å². The molecule has 1 spiro atoms. The summed E-state index contributed by atoms with van der Waals surface area (Å²) in [6.07, 6.45) is 5.70. The summed E-state index contributed by atoms with van der Waals surface area (Å²) in [6.45, 7) is 10.5. The lowest BCUT2D eigenvalue weighted by Crippen LogP contribution is -2.45. The van der Waals surface area contributed by atoms with Gasteiger partial charge < -0.3 is 15.1 Å². The van der Waals surface area contributed by atoms with Gasteiger partial charge in [0.2, 0.25) is 0 Å². The number of aromatic hydroxyl groups is 2. The van der Waals surface area contributed by atoms with E-state index in [4.69, 9.17) is 0 Å². The molecule has 152 valence electrons. The minimum Gasteiger partial charge on any atom is -0.494 e. The summed E-state index contributed by atoms with van der Waals surface area (Å²) in [5, 5.41) is 20.5. The molecule has 4 heteroatoms.